The SMILES string of the molecule is c1ccc2cc(-c3c4cccc(-c5cccc6c5oc5ccc7ccccc7c56)c4cc4c(-c5cccc6c5oc5ccc7ccccc7c56)cccc34)ccc2c1. The molecule has 0 unspecified atom stereocenters. The van der Waals surface area contributed by atoms with Gasteiger partial charge in [-0.05, 0) is 100 Å². The van der Waals surface area contributed by atoms with Crippen LogP contribution in [0.3, 0.4) is 0 Å². The van der Waals surface area contributed by atoms with Crippen LogP contribution in [-0.4, -0.2) is 0 Å². The Kier molecular flexibility index (Phi) is 6.47. The summed E-state index contributed by atoms with van der Waals surface area (Å²) < 4.78 is 13.7. The lowest BCUT2D eigenvalue weighted by molar-refractivity contribution is 0.670. The van der Waals surface area contributed by atoms with Gasteiger partial charge >= 0.3 is 0 Å². The summed E-state index contributed by atoms with van der Waals surface area (Å²) in [6.07, 6.45) is 0. The summed E-state index contributed by atoms with van der Waals surface area (Å²) in [4.78, 5) is 0. The van der Waals surface area contributed by atoms with Crippen molar-refractivity contribution in [2.24, 2.45) is 0 Å². The molecule has 13 rings (SSSR count). The maximum atomic E-state index is 6.83. The molecule has 0 amide bonds. The molecule has 2 heterocycles. The summed E-state index contributed by atoms with van der Waals surface area (Å²) in [5.74, 6) is 0. The van der Waals surface area contributed by atoms with Gasteiger partial charge in [0, 0.05) is 32.7 Å². The highest BCUT2D eigenvalue weighted by Crippen LogP contribution is 2.47. The molecule has 58 heavy (non-hydrogen) atoms. The van der Waals surface area contributed by atoms with Crippen LogP contribution in [0.15, 0.2) is 203 Å². The summed E-state index contributed by atoms with van der Waals surface area (Å²) in [5, 5.41) is 16.6. The van der Waals surface area contributed by atoms with Gasteiger partial charge in [-0.2, -0.15) is 0 Å². The fourth-order valence-electron chi connectivity index (χ4n) is 9.85. The highest BCUT2D eigenvalue weighted by Gasteiger charge is 2.21. The largest absolute Gasteiger partial charge is 0.455 e. The minimum atomic E-state index is 0.901. The van der Waals surface area contributed by atoms with Crippen molar-refractivity contribution >= 4 is 97.7 Å². The first-order chi connectivity index (χ1) is 28.8. The number of fused-ring (bicyclic) bond motifs is 13. The first-order valence-electron chi connectivity index (χ1n) is 19.9. The van der Waals surface area contributed by atoms with Gasteiger partial charge in [0.1, 0.15) is 22.3 Å². The Morgan fingerprint density at radius 2 is 0.690 bits per heavy atom. The zero-order chi connectivity index (χ0) is 37.9. The number of para-hydroxylation sites is 2. The minimum Gasteiger partial charge on any atom is -0.455 e. The molecule has 0 saturated heterocycles. The van der Waals surface area contributed by atoms with Crippen molar-refractivity contribution in [3.63, 3.8) is 0 Å². The van der Waals surface area contributed by atoms with Crippen molar-refractivity contribution in [3.8, 4) is 33.4 Å². The van der Waals surface area contributed by atoms with Crippen molar-refractivity contribution in [3.05, 3.63) is 194 Å². The van der Waals surface area contributed by atoms with Gasteiger partial charge < -0.3 is 8.83 Å². The van der Waals surface area contributed by atoms with E-state index in [9.17, 15) is 0 Å². The van der Waals surface area contributed by atoms with E-state index in [0.717, 1.165) is 66.1 Å². The topological polar surface area (TPSA) is 26.3 Å². The Morgan fingerprint density at radius 3 is 1.24 bits per heavy atom. The fourth-order valence-corrected chi connectivity index (χ4v) is 9.85. The van der Waals surface area contributed by atoms with Crippen LogP contribution in [0, 0.1) is 0 Å². The molecule has 2 aromatic heterocycles. The highest BCUT2D eigenvalue weighted by atomic mass is 16.3. The summed E-state index contributed by atoms with van der Waals surface area (Å²) in [7, 11) is 0. The summed E-state index contributed by atoms with van der Waals surface area (Å²) in [6, 6.07) is 70.3. The van der Waals surface area contributed by atoms with Crippen LogP contribution in [0.4, 0.5) is 0 Å². The maximum absolute atomic E-state index is 6.83. The molecular formula is C56H32O2. The Hall–Kier alpha value is -7.68. The number of furan rings is 2. The Balaban J connectivity index is 1.15. The van der Waals surface area contributed by atoms with E-state index in [1.165, 1.54) is 65.0 Å². The lowest BCUT2D eigenvalue weighted by Crippen LogP contribution is -1.91. The molecule has 268 valence electrons. The molecule has 0 aliphatic carbocycles. The fraction of sp³-hybridized carbons (Fsp3) is 0. The number of hydrogen-bond acceptors (Lipinski definition) is 2. The van der Waals surface area contributed by atoms with E-state index in [4.69, 9.17) is 8.83 Å². The minimum absolute atomic E-state index is 0.901. The molecular weight excluding hydrogens is 705 g/mol. The third kappa shape index (κ3) is 4.43. The summed E-state index contributed by atoms with van der Waals surface area (Å²) >= 11 is 0. The Morgan fingerprint density at radius 1 is 0.259 bits per heavy atom. The summed E-state index contributed by atoms with van der Waals surface area (Å²) in [6.45, 7) is 0. The van der Waals surface area contributed by atoms with Crippen molar-refractivity contribution in [2.45, 2.75) is 0 Å². The first kappa shape index (κ1) is 31.5. The molecule has 0 saturated carbocycles. The molecule has 13 aromatic rings. The van der Waals surface area contributed by atoms with Crippen LogP contribution in [-0.2, 0) is 0 Å². The second-order valence-corrected chi connectivity index (χ2v) is 15.5. The molecule has 0 bridgehead atoms. The van der Waals surface area contributed by atoms with E-state index in [2.05, 4.69) is 194 Å². The number of rotatable bonds is 3. The zero-order valence-electron chi connectivity index (χ0n) is 31.3. The van der Waals surface area contributed by atoms with Crippen LogP contribution in [0.1, 0.15) is 0 Å². The van der Waals surface area contributed by atoms with Crippen molar-refractivity contribution < 1.29 is 8.83 Å². The molecule has 0 fully saturated rings. The molecule has 0 aliphatic rings. The molecule has 11 aromatic carbocycles. The van der Waals surface area contributed by atoms with Crippen molar-refractivity contribution in [1.29, 1.82) is 0 Å². The average Bonchev–Trinajstić information content (AvgIpc) is 3.87. The Labute approximate surface area is 332 Å². The van der Waals surface area contributed by atoms with Gasteiger partial charge in [0.15, 0.2) is 0 Å². The molecule has 2 nitrogen and oxygen atoms in total. The average molecular weight is 737 g/mol. The van der Waals surface area contributed by atoms with Crippen LogP contribution in [0.2, 0.25) is 0 Å². The van der Waals surface area contributed by atoms with Gasteiger partial charge in [0.05, 0.1) is 0 Å². The number of benzene rings is 11. The van der Waals surface area contributed by atoms with E-state index in [1.54, 1.807) is 0 Å². The Bertz CT molecular complexity index is 3650. The van der Waals surface area contributed by atoms with E-state index in [0.29, 0.717) is 0 Å². The lowest BCUT2D eigenvalue weighted by atomic mass is 9.85. The van der Waals surface area contributed by atoms with Gasteiger partial charge in [-0.25, -0.2) is 0 Å². The lowest BCUT2D eigenvalue weighted by Gasteiger charge is -2.18. The van der Waals surface area contributed by atoms with Crippen LogP contribution in [0.5, 0.6) is 0 Å². The second-order valence-electron chi connectivity index (χ2n) is 15.5. The normalized spacial score (nSPS) is 12.1. The first-order valence-corrected chi connectivity index (χ1v) is 19.9. The van der Waals surface area contributed by atoms with E-state index in [-0.39, 0.29) is 0 Å². The van der Waals surface area contributed by atoms with Crippen LogP contribution >= 0.6 is 0 Å². The van der Waals surface area contributed by atoms with E-state index < -0.39 is 0 Å². The quantitative estimate of drug-likeness (QED) is 0.169. The predicted molar refractivity (Wildman–Crippen MR) is 245 cm³/mol. The summed E-state index contributed by atoms with van der Waals surface area (Å²) in [5.41, 5.74) is 10.4. The third-order valence-electron chi connectivity index (χ3n) is 12.4. The van der Waals surface area contributed by atoms with Gasteiger partial charge in [0.2, 0.25) is 0 Å². The van der Waals surface area contributed by atoms with Gasteiger partial charge in [-0.3, -0.25) is 0 Å². The van der Waals surface area contributed by atoms with Gasteiger partial charge in [-0.15, -0.1) is 0 Å². The van der Waals surface area contributed by atoms with Crippen molar-refractivity contribution in [1.82, 2.24) is 0 Å². The highest BCUT2D eigenvalue weighted by molar-refractivity contribution is 6.25. The van der Waals surface area contributed by atoms with Crippen LogP contribution in [0.25, 0.3) is 131 Å². The maximum Gasteiger partial charge on any atom is 0.143 e. The van der Waals surface area contributed by atoms with E-state index >= 15 is 0 Å². The molecule has 0 atom stereocenters. The third-order valence-corrected chi connectivity index (χ3v) is 12.4. The standard InChI is InChI=1S/C56H32O2/c1-2-14-36-31-37(26-25-33(36)11-1)52-42-19-7-17-40(44-21-9-23-46-53-38-15-5-3-12-34(38)27-29-50(53)57-55(44)46)48(42)32-49-41(18-8-20-43(49)52)45-22-10-24-47-54-39-16-6-4-13-35(39)28-30-51(54)58-56(45)47/h1-32H. The molecule has 2 heteroatoms. The number of hydrogen-bond donors (Lipinski definition) is 0. The second kappa shape index (κ2) is 11.9. The van der Waals surface area contributed by atoms with Crippen LogP contribution < -0.4 is 0 Å². The monoisotopic (exact) mass is 736 g/mol. The van der Waals surface area contributed by atoms with Crippen molar-refractivity contribution in [2.75, 3.05) is 0 Å². The molecule has 0 N–H and O–H groups in total. The molecule has 0 radical (unpaired) electrons. The van der Waals surface area contributed by atoms with E-state index in [1.807, 2.05) is 0 Å². The van der Waals surface area contributed by atoms with Gasteiger partial charge in [0.25, 0.3) is 0 Å². The molecule has 0 aliphatic heterocycles. The zero-order valence-corrected chi connectivity index (χ0v) is 31.3. The smallest absolute Gasteiger partial charge is 0.143 e. The predicted octanol–water partition coefficient (Wildman–Crippen LogP) is 16.3. The van der Waals surface area contributed by atoms with Gasteiger partial charge in [-0.1, -0.05) is 170 Å². The molecule has 0 spiro atoms.